The number of anilines is 1. The minimum atomic E-state index is -0.331. The number of hydrogen-bond acceptors (Lipinski definition) is 5. The van der Waals surface area contributed by atoms with Crippen LogP contribution in [-0.4, -0.2) is 50.0 Å². The number of para-hydroxylation sites is 1. The van der Waals surface area contributed by atoms with E-state index >= 15 is 0 Å². The summed E-state index contributed by atoms with van der Waals surface area (Å²) in [4.78, 5) is 13.9. The quantitative estimate of drug-likeness (QED) is 0.784. The smallest absolute Gasteiger partial charge is 0.339 e. The molecule has 0 bridgehead atoms. The first-order chi connectivity index (χ1) is 9.15. The Morgan fingerprint density at radius 1 is 1.47 bits per heavy atom. The lowest BCUT2D eigenvalue weighted by Gasteiger charge is -2.39. The maximum absolute atomic E-state index is 11.8. The summed E-state index contributed by atoms with van der Waals surface area (Å²) in [6, 6.07) is 7.69. The molecule has 1 aromatic carbocycles. The van der Waals surface area contributed by atoms with E-state index in [-0.39, 0.29) is 24.7 Å². The molecular weight excluding hydrogens is 244 g/mol. The number of aliphatic hydroxyl groups excluding tert-OH is 1. The first-order valence-corrected chi connectivity index (χ1v) is 6.45. The van der Waals surface area contributed by atoms with Crippen molar-refractivity contribution in [3.05, 3.63) is 29.8 Å². The first kappa shape index (κ1) is 13.8. The van der Waals surface area contributed by atoms with Crippen molar-refractivity contribution in [2.24, 2.45) is 0 Å². The third-order valence-corrected chi connectivity index (χ3v) is 3.33. The fourth-order valence-electron chi connectivity index (χ4n) is 2.52. The van der Waals surface area contributed by atoms with Gasteiger partial charge >= 0.3 is 5.97 Å². The van der Waals surface area contributed by atoms with E-state index in [0.717, 1.165) is 12.2 Å². The second-order valence-corrected chi connectivity index (χ2v) is 4.86. The van der Waals surface area contributed by atoms with Gasteiger partial charge in [-0.25, -0.2) is 4.79 Å². The van der Waals surface area contributed by atoms with Crippen molar-refractivity contribution in [1.82, 2.24) is 5.32 Å². The second-order valence-electron chi connectivity index (χ2n) is 4.86. The zero-order valence-electron chi connectivity index (χ0n) is 11.3. The van der Waals surface area contributed by atoms with E-state index in [1.165, 1.54) is 7.11 Å². The van der Waals surface area contributed by atoms with Crippen molar-refractivity contribution in [2.45, 2.75) is 19.0 Å². The number of carbonyl (C=O) groups excluding carboxylic acids is 1. The molecule has 5 heteroatoms. The number of carbonyl (C=O) groups is 1. The number of methoxy groups -OCH3 is 1. The Labute approximate surface area is 113 Å². The van der Waals surface area contributed by atoms with E-state index in [4.69, 9.17) is 4.74 Å². The standard InChI is InChI=1S/C14H20N2O3/c1-10-7-16(8-11(9-17)15-10)13-6-4-3-5-12(13)14(18)19-2/h3-6,10-11,15,17H,7-9H2,1-2H3. The molecular formula is C14H20N2O3. The summed E-state index contributed by atoms with van der Waals surface area (Å²) in [5.41, 5.74) is 1.43. The van der Waals surface area contributed by atoms with Gasteiger partial charge in [-0.1, -0.05) is 12.1 Å². The van der Waals surface area contributed by atoms with Gasteiger partial charge in [-0.2, -0.15) is 0 Å². The van der Waals surface area contributed by atoms with E-state index in [1.54, 1.807) is 6.07 Å². The van der Waals surface area contributed by atoms with E-state index in [1.807, 2.05) is 18.2 Å². The summed E-state index contributed by atoms with van der Waals surface area (Å²) in [7, 11) is 1.38. The van der Waals surface area contributed by atoms with Crippen LogP contribution in [0.25, 0.3) is 0 Å². The molecule has 0 aromatic heterocycles. The van der Waals surface area contributed by atoms with Gasteiger partial charge in [0.1, 0.15) is 0 Å². The number of piperazine rings is 1. The number of ether oxygens (including phenoxy) is 1. The molecule has 1 heterocycles. The number of esters is 1. The second kappa shape index (κ2) is 6.04. The number of nitrogens with one attached hydrogen (secondary N) is 1. The Kier molecular flexibility index (Phi) is 4.39. The van der Waals surface area contributed by atoms with Crippen LogP contribution < -0.4 is 10.2 Å². The highest BCUT2D eigenvalue weighted by molar-refractivity contribution is 5.95. The minimum Gasteiger partial charge on any atom is -0.465 e. The molecule has 0 aliphatic carbocycles. The molecule has 1 aromatic rings. The van der Waals surface area contributed by atoms with E-state index in [9.17, 15) is 9.90 Å². The van der Waals surface area contributed by atoms with E-state index in [0.29, 0.717) is 12.1 Å². The lowest BCUT2D eigenvalue weighted by atomic mass is 10.1. The fraction of sp³-hybridized carbons (Fsp3) is 0.500. The summed E-state index contributed by atoms with van der Waals surface area (Å²) >= 11 is 0. The topological polar surface area (TPSA) is 61.8 Å². The summed E-state index contributed by atoms with van der Waals surface area (Å²) in [6.45, 7) is 3.62. The van der Waals surface area contributed by atoms with Gasteiger partial charge < -0.3 is 20.1 Å². The monoisotopic (exact) mass is 264 g/mol. The average Bonchev–Trinajstić information content (AvgIpc) is 2.45. The number of nitrogens with zero attached hydrogens (tertiary/aromatic N) is 1. The number of rotatable bonds is 3. The highest BCUT2D eigenvalue weighted by Crippen LogP contribution is 2.23. The van der Waals surface area contributed by atoms with Crippen LogP contribution in [0.5, 0.6) is 0 Å². The first-order valence-electron chi connectivity index (χ1n) is 6.45. The van der Waals surface area contributed by atoms with Crippen LogP contribution in [0.3, 0.4) is 0 Å². The van der Waals surface area contributed by atoms with Crippen molar-refractivity contribution >= 4 is 11.7 Å². The summed E-state index contributed by atoms with van der Waals surface area (Å²) in [6.07, 6.45) is 0. The van der Waals surface area contributed by atoms with Gasteiger partial charge in [0.25, 0.3) is 0 Å². The number of aliphatic hydroxyl groups is 1. The van der Waals surface area contributed by atoms with Gasteiger partial charge in [0, 0.05) is 25.2 Å². The molecule has 1 aliphatic rings. The van der Waals surface area contributed by atoms with E-state index in [2.05, 4.69) is 17.1 Å². The van der Waals surface area contributed by atoms with Gasteiger partial charge in [-0.3, -0.25) is 0 Å². The third kappa shape index (κ3) is 3.05. The van der Waals surface area contributed by atoms with Crippen molar-refractivity contribution in [3.8, 4) is 0 Å². The maximum atomic E-state index is 11.8. The van der Waals surface area contributed by atoms with Crippen molar-refractivity contribution < 1.29 is 14.6 Å². The van der Waals surface area contributed by atoms with E-state index < -0.39 is 0 Å². The lowest BCUT2D eigenvalue weighted by molar-refractivity contribution is 0.0601. The molecule has 0 saturated carbocycles. The van der Waals surface area contributed by atoms with Crippen molar-refractivity contribution in [3.63, 3.8) is 0 Å². The molecule has 2 atom stereocenters. The molecule has 0 spiro atoms. The summed E-state index contributed by atoms with van der Waals surface area (Å²) in [5.74, 6) is -0.331. The molecule has 1 aliphatic heterocycles. The fourth-order valence-corrected chi connectivity index (χ4v) is 2.52. The highest BCUT2D eigenvalue weighted by atomic mass is 16.5. The van der Waals surface area contributed by atoms with Crippen LogP contribution in [0.4, 0.5) is 5.69 Å². The summed E-state index contributed by atoms with van der Waals surface area (Å²) < 4.78 is 4.82. The van der Waals surface area contributed by atoms with Crippen molar-refractivity contribution in [2.75, 3.05) is 31.7 Å². The largest absolute Gasteiger partial charge is 0.465 e. The Balaban J connectivity index is 2.28. The molecule has 19 heavy (non-hydrogen) atoms. The SMILES string of the molecule is COC(=O)c1ccccc1N1CC(C)NC(CO)C1. The van der Waals surface area contributed by atoms with Gasteiger partial charge in [-0.05, 0) is 19.1 Å². The molecule has 0 radical (unpaired) electrons. The van der Waals surface area contributed by atoms with Crippen LogP contribution >= 0.6 is 0 Å². The summed E-state index contributed by atoms with van der Waals surface area (Å²) in [5, 5.41) is 12.6. The predicted molar refractivity (Wildman–Crippen MR) is 73.5 cm³/mol. The number of benzene rings is 1. The average molecular weight is 264 g/mol. The van der Waals surface area contributed by atoms with Crippen LogP contribution in [0, 0.1) is 0 Å². The molecule has 104 valence electrons. The molecule has 0 amide bonds. The van der Waals surface area contributed by atoms with Crippen LogP contribution in [0.15, 0.2) is 24.3 Å². The Morgan fingerprint density at radius 3 is 2.89 bits per heavy atom. The predicted octanol–water partition coefficient (Wildman–Crippen LogP) is 0.632. The third-order valence-electron chi connectivity index (χ3n) is 3.33. The van der Waals surface area contributed by atoms with Gasteiger partial charge in [0.2, 0.25) is 0 Å². The van der Waals surface area contributed by atoms with Gasteiger partial charge in [-0.15, -0.1) is 0 Å². The molecule has 2 unspecified atom stereocenters. The molecule has 1 fully saturated rings. The zero-order valence-corrected chi connectivity index (χ0v) is 11.3. The van der Waals surface area contributed by atoms with Crippen LogP contribution in [0.2, 0.25) is 0 Å². The molecule has 2 N–H and O–H groups in total. The molecule has 1 saturated heterocycles. The van der Waals surface area contributed by atoms with Crippen LogP contribution in [0.1, 0.15) is 17.3 Å². The lowest BCUT2D eigenvalue weighted by Crippen LogP contribution is -2.57. The highest BCUT2D eigenvalue weighted by Gasteiger charge is 2.26. The Bertz CT molecular complexity index is 450. The minimum absolute atomic E-state index is 0.0226. The van der Waals surface area contributed by atoms with Crippen molar-refractivity contribution in [1.29, 1.82) is 0 Å². The van der Waals surface area contributed by atoms with Gasteiger partial charge in [0.15, 0.2) is 0 Å². The van der Waals surface area contributed by atoms with Crippen LogP contribution in [-0.2, 0) is 4.74 Å². The zero-order chi connectivity index (χ0) is 13.8. The molecule has 2 rings (SSSR count). The van der Waals surface area contributed by atoms with Gasteiger partial charge in [0.05, 0.1) is 25.0 Å². The number of hydrogen-bond donors (Lipinski definition) is 2. The maximum Gasteiger partial charge on any atom is 0.339 e. The normalized spacial score (nSPS) is 23.2. The molecule has 5 nitrogen and oxygen atoms in total. The Morgan fingerprint density at radius 2 is 2.21 bits per heavy atom. The Hall–Kier alpha value is -1.59.